The van der Waals surface area contributed by atoms with Gasteiger partial charge in [-0.1, -0.05) is 12.1 Å². The standard InChI is InChI=1S/C22H28N2O7S/c1-28-19-9-8-18(20(29-2)21(19)30-3)14-23-22(25)17-6-4-16(5-7-17)15-32(26,27)24-10-12-31-13-11-24/h4-9H,10-15H2,1-3H3,(H,23,25). The number of carbonyl (C=O) groups is 1. The monoisotopic (exact) mass is 464 g/mol. The molecule has 0 bridgehead atoms. The molecule has 0 radical (unpaired) electrons. The fraction of sp³-hybridized carbons (Fsp3) is 0.409. The Balaban J connectivity index is 1.64. The van der Waals surface area contributed by atoms with Crippen molar-refractivity contribution >= 4 is 15.9 Å². The normalized spacial score (nSPS) is 14.6. The molecule has 2 aromatic carbocycles. The van der Waals surface area contributed by atoms with E-state index in [0.717, 1.165) is 5.56 Å². The third-order valence-corrected chi connectivity index (χ3v) is 7.00. The second kappa shape index (κ2) is 10.7. The van der Waals surface area contributed by atoms with E-state index in [2.05, 4.69) is 5.32 Å². The lowest BCUT2D eigenvalue weighted by atomic mass is 10.1. The number of nitrogens with one attached hydrogen (secondary N) is 1. The molecule has 0 saturated carbocycles. The second-order valence-corrected chi connectivity index (χ2v) is 9.11. The van der Waals surface area contributed by atoms with Crippen LogP contribution < -0.4 is 19.5 Å². The van der Waals surface area contributed by atoms with E-state index in [1.807, 2.05) is 0 Å². The van der Waals surface area contributed by atoms with Crippen LogP contribution in [0.3, 0.4) is 0 Å². The number of amides is 1. The van der Waals surface area contributed by atoms with E-state index in [0.29, 0.717) is 54.7 Å². The van der Waals surface area contributed by atoms with E-state index in [1.54, 1.807) is 36.4 Å². The molecule has 10 heteroatoms. The molecule has 3 rings (SSSR count). The van der Waals surface area contributed by atoms with Crippen LogP contribution in [0.2, 0.25) is 0 Å². The molecule has 9 nitrogen and oxygen atoms in total. The van der Waals surface area contributed by atoms with E-state index >= 15 is 0 Å². The van der Waals surface area contributed by atoms with Crippen molar-refractivity contribution in [2.45, 2.75) is 12.3 Å². The molecular formula is C22H28N2O7S. The van der Waals surface area contributed by atoms with Gasteiger partial charge in [0, 0.05) is 30.8 Å². The van der Waals surface area contributed by atoms with Crippen molar-refractivity contribution in [3.8, 4) is 17.2 Å². The van der Waals surface area contributed by atoms with Gasteiger partial charge in [0.1, 0.15) is 0 Å². The molecule has 1 aliphatic rings. The zero-order valence-electron chi connectivity index (χ0n) is 18.4. The number of sulfonamides is 1. The number of benzene rings is 2. The van der Waals surface area contributed by atoms with Crippen LogP contribution in [0.1, 0.15) is 21.5 Å². The Labute approximate surface area is 188 Å². The number of methoxy groups -OCH3 is 3. The predicted molar refractivity (Wildman–Crippen MR) is 119 cm³/mol. The van der Waals surface area contributed by atoms with Crippen molar-refractivity contribution in [1.82, 2.24) is 9.62 Å². The highest BCUT2D eigenvalue weighted by Crippen LogP contribution is 2.39. The maximum absolute atomic E-state index is 12.6. The number of hydrogen-bond donors (Lipinski definition) is 1. The van der Waals surface area contributed by atoms with Crippen LogP contribution in [-0.2, 0) is 27.1 Å². The first kappa shape index (κ1) is 23.8. The van der Waals surface area contributed by atoms with Gasteiger partial charge < -0.3 is 24.3 Å². The van der Waals surface area contributed by atoms with Gasteiger partial charge in [-0.05, 0) is 29.8 Å². The lowest BCUT2D eigenvalue weighted by Gasteiger charge is -2.26. The zero-order valence-corrected chi connectivity index (χ0v) is 19.2. The lowest BCUT2D eigenvalue weighted by Crippen LogP contribution is -2.41. The quantitative estimate of drug-likeness (QED) is 0.604. The zero-order chi connectivity index (χ0) is 23.1. The Hall–Kier alpha value is -2.82. The molecule has 32 heavy (non-hydrogen) atoms. The van der Waals surface area contributed by atoms with Gasteiger partial charge in [0.25, 0.3) is 5.91 Å². The van der Waals surface area contributed by atoms with Crippen LogP contribution in [-0.4, -0.2) is 66.3 Å². The van der Waals surface area contributed by atoms with E-state index in [4.69, 9.17) is 18.9 Å². The summed E-state index contributed by atoms with van der Waals surface area (Å²) < 4.78 is 47.8. The first-order valence-electron chi connectivity index (χ1n) is 10.1. The maximum atomic E-state index is 12.6. The minimum Gasteiger partial charge on any atom is -0.493 e. The lowest BCUT2D eigenvalue weighted by molar-refractivity contribution is 0.0729. The van der Waals surface area contributed by atoms with Crippen LogP contribution in [0, 0.1) is 0 Å². The van der Waals surface area contributed by atoms with Crippen molar-refractivity contribution in [3.63, 3.8) is 0 Å². The Morgan fingerprint density at radius 3 is 2.22 bits per heavy atom. The molecule has 2 aromatic rings. The molecular weight excluding hydrogens is 436 g/mol. The van der Waals surface area contributed by atoms with Gasteiger partial charge in [-0.25, -0.2) is 8.42 Å². The highest BCUT2D eigenvalue weighted by atomic mass is 32.2. The largest absolute Gasteiger partial charge is 0.493 e. The smallest absolute Gasteiger partial charge is 0.251 e. The van der Waals surface area contributed by atoms with E-state index in [9.17, 15) is 13.2 Å². The Morgan fingerprint density at radius 2 is 1.62 bits per heavy atom. The molecule has 1 saturated heterocycles. The molecule has 0 aliphatic carbocycles. The molecule has 0 aromatic heterocycles. The van der Waals surface area contributed by atoms with Crippen LogP contribution in [0.5, 0.6) is 17.2 Å². The summed E-state index contributed by atoms with van der Waals surface area (Å²) in [7, 11) is 1.15. The van der Waals surface area contributed by atoms with Crippen molar-refractivity contribution in [1.29, 1.82) is 0 Å². The number of morpholine rings is 1. The van der Waals surface area contributed by atoms with Crippen molar-refractivity contribution in [2.24, 2.45) is 0 Å². The summed E-state index contributed by atoms with van der Waals surface area (Å²) >= 11 is 0. The van der Waals surface area contributed by atoms with Crippen molar-refractivity contribution < 1.29 is 32.2 Å². The van der Waals surface area contributed by atoms with Crippen molar-refractivity contribution in [3.05, 3.63) is 53.1 Å². The van der Waals surface area contributed by atoms with E-state index in [-0.39, 0.29) is 18.2 Å². The number of ether oxygens (including phenoxy) is 4. The van der Waals surface area contributed by atoms with Crippen molar-refractivity contribution in [2.75, 3.05) is 47.6 Å². The molecule has 174 valence electrons. The third kappa shape index (κ3) is 5.50. The highest BCUT2D eigenvalue weighted by molar-refractivity contribution is 7.88. The van der Waals surface area contributed by atoms with Gasteiger partial charge in [-0.2, -0.15) is 4.31 Å². The summed E-state index contributed by atoms with van der Waals surface area (Å²) in [6, 6.07) is 10.1. The SMILES string of the molecule is COc1ccc(CNC(=O)c2ccc(CS(=O)(=O)N3CCOCC3)cc2)c(OC)c1OC. The molecule has 0 atom stereocenters. The van der Waals surface area contributed by atoms with Crippen LogP contribution in [0.25, 0.3) is 0 Å². The summed E-state index contributed by atoms with van der Waals surface area (Å²) in [5.74, 6) is 1.06. The van der Waals surface area contributed by atoms with E-state index < -0.39 is 10.0 Å². The highest BCUT2D eigenvalue weighted by Gasteiger charge is 2.24. The van der Waals surface area contributed by atoms with Crippen LogP contribution in [0.4, 0.5) is 0 Å². The molecule has 1 heterocycles. The minimum atomic E-state index is -3.42. The second-order valence-electron chi connectivity index (χ2n) is 7.14. The minimum absolute atomic E-state index is 0.113. The van der Waals surface area contributed by atoms with Crippen LogP contribution in [0.15, 0.2) is 36.4 Å². The summed E-state index contributed by atoms with van der Waals surface area (Å²) in [6.45, 7) is 1.76. The fourth-order valence-electron chi connectivity index (χ4n) is 3.46. The maximum Gasteiger partial charge on any atom is 0.251 e. The van der Waals surface area contributed by atoms with Gasteiger partial charge in [0.05, 0.1) is 40.3 Å². The number of carbonyl (C=O) groups excluding carboxylic acids is 1. The van der Waals surface area contributed by atoms with Gasteiger partial charge >= 0.3 is 0 Å². The predicted octanol–water partition coefficient (Wildman–Crippen LogP) is 1.80. The summed E-state index contributed by atoms with van der Waals surface area (Å²) in [4.78, 5) is 12.6. The Morgan fingerprint density at radius 1 is 0.969 bits per heavy atom. The number of nitrogens with zero attached hydrogens (tertiary/aromatic N) is 1. The van der Waals surface area contributed by atoms with Gasteiger partial charge in [0.2, 0.25) is 15.8 Å². The summed E-state index contributed by atoms with van der Waals surface area (Å²) in [5, 5.41) is 2.84. The van der Waals surface area contributed by atoms with Gasteiger partial charge in [-0.3, -0.25) is 4.79 Å². The summed E-state index contributed by atoms with van der Waals surface area (Å²) in [6.07, 6.45) is 0. The molecule has 1 fully saturated rings. The van der Waals surface area contributed by atoms with E-state index in [1.165, 1.54) is 25.6 Å². The first-order valence-corrected chi connectivity index (χ1v) is 11.7. The first-order chi connectivity index (χ1) is 15.4. The Bertz CT molecular complexity index is 1030. The Kier molecular flexibility index (Phi) is 7.94. The molecule has 0 unspecified atom stereocenters. The number of rotatable bonds is 9. The fourth-order valence-corrected chi connectivity index (χ4v) is 4.96. The molecule has 1 N–H and O–H groups in total. The molecule has 1 aliphatic heterocycles. The average molecular weight is 465 g/mol. The third-order valence-electron chi connectivity index (χ3n) is 5.15. The number of hydrogen-bond acceptors (Lipinski definition) is 7. The van der Waals surface area contributed by atoms with Crippen LogP contribution >= 0.6 is 0 Å². The van der Waals surface area contributed by atoms with Gasteiger partial charge in [-0.15, -0.1) is 0 Å². The molecule has 1 amide bonds. The van der Waals surface area contributed by atoms with Gasteiger partial charge in [0.15, 0.2) is 11.5 Å². The summed E-state index contributed by atoms with van der Waals surface area (Å²) in [5.41, 5.74) is 1.78. The molecule has 0 spiro atoms. The topological polar surface area (TPSA) is 103 Å². The average Bonchev–Trinajstić information content (AvgIpc) is 2.82.